The molecule has 1 N–H and O–H groups in total. The molecule has 2 rings (SSSR count). The van der Waals surface area contributed by atoms with Crippen molar-refractivity contribution in [3.05, 3.63) is 42.5 Å². The molecule has 0 heterocycles. The normalized spacial score (nSPS) is 10.1. The Balaban J connectivity index is 2.41. The van der Waals surface area contributed by atoms with E-state index in [-0.39, 0.29) is 0 Å². The average molecular weight is 230 g/mol. The van der Waals surface area contributed by atoms with E-state index >= 15 is 0 Å². The van der Waals surface area contributed by atoms with Crippen LogP contribution in [-0.4, -0.2) is 24.1 Å². The molecule has 2 nitrogen and oxygen atoms in total. The molecular weight excluding hydrogens is 216 g/mol. The first-order chi connectivity index (χ1) is 7.68. The highest BCUT2D eigenvalue weighted by molar-refractivity contribution is 7.80. The zero-order valence-corrected chi connectivity index (χ0v) is 10.2. The van der Waals surface area contributed by atoms with Crippen molar-refractivity contribution in [1.82, 2.24) is 4.90 Å². The number of thiocarbonyl (C=S) groups is 1. The van der Waals surface area contributed by atoms with E-state index in [4.69, 9.17) is 12.2 Å². The number of anilines is 1. The predicted octanol–water partition coefficient (Wildman–Crippen LogP) is 3.10. The number of nitrogens with zero attached hydrogens (tertiary/aromatic N) is 1. The third-order valence-electron chi connectivity index (χ3n) is 2.44. The van der Waals surface area contributed by atoms with Crippen molar-refractivity contribution in [3.8, 4) is 0 Å². The molecule has 16 heavy (non-hydrogen) atoms. The summed E-state index contributed by atoms with van der Waals surface area (Å²) in [6.45, 7) is 0. The second-order valence-electron chi connectivity index (χ2n) is 3.85. The molecule has 82 valence electrons. The van der Waals surface area contributed by atoms with Gasteiger partial charge in [-0.25, -0.2) is 0 Å². The summed E-state index contributed by atoms with van der Waals surface area (Å²) in [4.78, 5) is 1.89. The first-order valence-electron chi connectivity index (χ1n) is 5.14. The molecule has 0 aromatic heterocycles. The highest BCUT2D eigenvalue weighted by atomic mass is 32.1. The quantitative estimate of drug-likeness (QED) is 0.758. The maximum atomic E-state index is 5.24. The van der Waals surface area contributed by atoms with Gasteiger partial charge in [-0.15, -0.1) is 0 Å². The van der Waals surface area contributed by atoms with E-state index in [1.54, 1.807) is 0 Å². The summed E-state index contributed by atoms with van der Waals surface area (Å²) in [5.74, 6) is 0. The van der Waals surface area contributed by atoms with Crippen molar-refractivity contribution in [2.75, 3.05) is 19.4 Å². The topological polar surface area (TPSA) is 15.3 Å². The Kier molecular flexibility index (Phi) is 3.06. The molecule has 0 aliphatic rings. The van der Waals surface area contributed by atoms with Crippen LogP contribution in [0, 0.1) is 0 Å². The molecule has 0 saturated heterocycles. The molecule has 0 unspecified atom stereocenters. The van der Waals surface area contributed by atoms with Crippen LogP contribution in [0.1, 0.15) is 0 Å². The highest BCUT2D eigenvalue weighted by Crippen LogP contribution is 2.22. The summed E-state index contributed by atoms with van der Waals surface area (Å²) in [6, 6.07) is 14.4. The maximum Gasteiger partial charge on any atom is 0.172 e. The Hall–Kier alpha value is -1.61. The van der Waals surface area contributed by atoms with Gasteiger partial charge in [-0.3, -0.25) is 0 Å². The molecule has 2 aromatic rings. The number of rotatable bonds is 1. The van der Waals surface area contributed by atoms with Crippen LogP contribution in [0.2, 0.25) is 0 Å². The monoisotopic (exact) mass is 230 g/mol. The standard InChI is InChI=1S/C13H14N2S/c1-15(2)13(16)14-12-9-5-7-10-6-3-4-8-11(10)12/h3-9H,1-2H3,(H,14,16). The van der Waals surface area contributed by atoms with Crippen LogP contribution in [0.3, 0.4) is 0 Å². The SMILES string of the molecule is CN(C)C(=S)Nc1cccc2ccccc12. The molecule has 0 atom stereocenters. The number of hydrogen-bond acceptors (Lipinski definition) is 1. The van der Waals surface area contributed by atoms with Crippen molar-refractivity contribution < 1.29 is 0 Å². The van der Waals surface area contributed by atoms with Crippen molar-refractivity contribution in [1.29, 1.82) is 0 Å². The summed E-state index contributed by atoms with van der Waals surface area (Å²) in [6.07, 6.45) is 0. The van der Waals surface area contributed by atoms with E-state index in [0.29, 0.717) is 0 Å². The van der Waals surface area contributed by atoms with Crippen LogP contribution in [0.25, 0.3) is 10.8 Å². The Labute approximate surface area is 101 Å². The van der Waals surface area contributed by atoms with Gasteiger partial charge in [0.2, 0.25) is 0 Å². The Bertz CT molecular complexity index is 515. The Morgan fingerprint density at radius 2 is 1.75 bits per heavy atom. The molecule has 0 spiro atoms. The van der Waals surface area contributed by atoms with Crippen LogP contribution < -0.4 is 5.32 Å². The van der Waals surface area contributed by atoms with E-state index in [0.717, 1.165) is 10.8 Å². The summed E-state index contributed by atoms with van der Waals surface area (Å²) < 4.78 is 0. The van der Waals surface area contributed by atoms with Gasteiger partial charge in [0.25, 0.3) is 0 Å². The van der Waals surface area contributed by atoms with Crippen LogP contribution in [0.5, 0.6) is 0 Å². The van der Waals surface area contributed by atoms with Crippen molar-refractivity contribution in [3.63, 3.8) is 0 Å². The number of hydrogen-bond donors (Lipinski definition) is 1. The molecule has 0 bridgehead atoms. The van der Waals surface area contributed by atoms with Crippen LogP contribution in [-0.2, 0) is 0 Å². The third-order valence-corrected chi connectivity index (χ3v) is 2.90. The van der Waals surface area contributed by atoms with Gasteiger partial charge in [0.15, 0.2) is 5.11 Å². The molecule has 0 fully saturated rings. The minimum absolute atomic E-state index is 0.719. The largest absolute Gasteiger partial charge is 0.355 e. The Morgan fingerprint density at radius 3 is 2.50 bits per heavy atom. The van der Waals surface area contributed by atoms with Crippen LogP contribution in [0.4, 0.5) is 5.69 Å². The third kappa shape index (κ3) is 2.14. The molecule has 0 aliphatic carbocycles. The lowest BCUT2D eigenvalue weighted by Crippen LogP contribution is -2.27. The lowest BCUT2D eigenvalue weighted by atomic mass is 10.1. The van der Waals surface area contributed by atoms with Gasteiger partial charge in [-0.1, -0.05) is 36.4 Å². The second-order valence-corrected chi connectivity index (χ2v) is 4.24. The van der Waals surface area contributed by atoms with E-state index in [1.165, 1.54) is 10.8 Å². The average Bonchev–Trinajstić information content (AvgIpc) is 2.29. The summed E-state index contributed by atoms with van der Waals surface area (Å²) in [5.41, 5.74) is 1.05. The van der Waals surface area contributed by atoms with Gasteiger partial charge in [0, 0.05) is 25.2 Å². The summed E-state index contributed by atoms with van der Waals surface area (Å²) in [7, 11) is 3.86. The smallest absolute Gasteiger partial charge is 0.172 e. The second kappa shape index (κ2) is 4.49. The molecule has 3 heteroatoms. The number of fused-ring (bicyclic) bond motifs is 1. The van der Waals surface area contributed by atoms with E-state index in [9.17, 15) is 0 Å². The van der Waals surface area contributed by atoms with Crippen molar-refractivity contribution in [2.45, 2.75) is 0 Å². The highest BCUT2D eigenvalue weighted by Gasteiger charge is 2.03. The summed E-state index contributed by atoms with van der Waals surface area (Å²) in [5, 5.41) is 6.37. The number of nitrogens with one attached hydrogen (secondary N) is 1. The molecular formula is C13H14N2S. The van der Waals surface area contributed by atoms with Crippen molar-refractivity contribution in [2.24, 2.45) is 0 Å². The summed E-state index contributed by atoms with van der Waals surface area (Å²) >= 11 is 5.24. The van der Waals surface area contributed by atoms with E-state index in [1.807, 2.05) is 43.3 Å². The van der Waals surface area contributed by atoms with Gasteiger partial charge in [0.05, 0.1) is 0 Å². The first-order valence-corrected chi connectivity index (χ1v) is 5.55. The van der Waals surface area contributed by atoms with Crippen molar-refractivity contribution >= 4 is 33.8 Å². The van der Waals surface area contributed by atoms with Gasteiger partial charge in [0.1, 0.15) is 0 Å². The predicted molar refractivity (Wildman–Crippen MR) is 73.9 cm³/mol. The zero-order chi connectivity index (χ0) is 11.5. The van der Waals surface area contributed by atoms with E-state index in [2.05, 4.69) is 23.5 Å². The fraction of sp³-hybridized carbons (Fsp3) is 0.154. The molecule has 0 radical (unpaired) electrons. The zero-order valence-electron chi connectivity index (χ0n) is 9.40. The molecule has 0 aliphatic heterocycles. The first kappa shape index (κ1) is 10.9. The van der Waals surface area contributed by atoms with Crippen LogP contribution >= 0.6 is 12.2 Å². The Morgan fingerprint density at radius 1 is 1.06 bits per heavy atom. The minimum atomic E-state index is 0.719. The maximum absolute atomic E-state index is 5.24. The van der Waals surface area contributed by atoms with Gasteiger partial charge in [-0.2, -0.15) is 0 Å². The molecule has 2 aromatic carbocycles. The lowest BCUT2D eigenvalue weighted by Gasteiger charge is -2.16. The molecule has 0 amide bonds. The van der Waals surface area contributed by atoms with Gasteiger partial charge >= 0.3 is 0 Å². The fourth-order valence-corrected chi connectivity index (χ4v) is 1.67. The lowest BCUT2D eigenvalue weighted by molar-refractivity contribution is 0.634. The minimum Gasteiger partial charge on any atom is -0.355 e. The number of benzene rings is 2. The van der Waals surface area contributed by atoms with Gasteiger partial charge < -0.3 is 10.2 Å². The fourth-order valence-electron chi connectivity index (χ4n) is 1.56. The van der Waals surface area contributed by atoms with Gasteiger partial charge in [-0.05, 0) is 23.7 Å². The van der Waals surface area contributed by atoms with E-state index < -0.39 is 0 Å². The van der Waals surface area contributed by atoms with Crippen LogP contribution in [0.15, 0.2) is 42.5 Å². The molecule has 0 saturated carbocycles.